The minimum atomic E-state index is -0.0229. The summed E-state index contributed by atoms with van der Waals surface area (Å²) in [6, 6.07) is 1.96. The van der Waals surface area contributed by atoms with E-state index in [1.54, 1.807) is 12.5 Å². The lowest BCUT2D eigenvalue weighted by Gasteiger charge is -2.26. The van der Waals surface area contributed by atoms with Gasteiger partial charge >= 0.3 is 0 Å². The Bertz CT molecular complexity index is 372. The number of methoxy groups -OCH3 is 1. The van der Waals surface area contributed by atoms with Crippen molar-refractivity contribution in [1.82, 2.24) is 15.3 Å². The molecule has 0 aromatic carbocycles. The van der Waals surface area contributed by atoms with Crippen LogP contribution in [0, 0.1) is 5.92 Å². The molecule has 3 heterocycles. The summed E-state index contributed by atoms with van der Waals surface area (Å²) in [6.45, 7) is 3.90. The van der Waals surface area contributed by atoms with Gasteiger partial charge in [-0.25, -0.2) is 9.97 Å². The lowest BCUT2D eigenvalue weighted by molar-refractivity contribution is 0.00151. The van der Waals surface area contributed by atoms with Gasteiger partial charge in [-0.15, -0.1) is 0 Å². The molecule has 86 valence electrons. The van der Waals surface area contributed by atoms with Gasteiger partial charge in [-0.2, -0.15) is 0 Å². The first-order valence-corrected chi connectivity index (χ1v) is 5.61. The molecule has 2 saturated heterocycles. The minimum absolute atomic E-state index is 0.0229. The van der Waals surface area contributed by atoms with Crippen molar-refractivity contribution < 1.29 is 4.74 Å². The predicted molar refractivity (Wildman–Crippen MR) is 60.3 cm³/mol. The van der Waals surface area contributed by atoms with Crippen LogP contribution in [-0.2, 0) is 4.74 Å². The van der Waals surface area contributed by atoms with E-state index in [1.165, 1.54) is 0 Å². The minimum Gasteiger partial charge on any atom is -0.375 e. The number of anilines is 1. The lowest BCUT2D eigenvalue weighted by Crippen LogP contribution is -2.41. The Labute approximate surface area is 94.8 Å². The molecular weight excluding hydrogens is 204 g/mol. The maximum Gasteiger partial charge on any atom is 0.132 e. The third kappa shape index (κ3) is 1.39. The van der Waals surface area contributed by atoms with Gasteiger partial charge in [0.2, 0.25) is 0 Å². The van der Waals surface area contributed by atoms with Crippen LogP contribution >= 0.6 is 0 Å². The number of nitrogens with one attached hydrogen (secondary N) is 1. The number of nitrogens with zero attached hydrogens (tertiary/aromatic N) is 3. The van der Waals surface area contributed by atoms with Gasteiger partial charge in [-0.3, -0.25) is 0 Å². The molecule has 0 bridgehead atoms. The third-order valence-corrected chi connectivity index (χ3v) is 3.76. The highest BCUT2D eigenvalue weighted by Crippen LogP contribution is 2.35. The maximum atomic E-state index is 5.73. The first-order valence-electron chi connectivity index (χ1n) is 5.61. The smallest absolute Gasteiger partial charge is 0.132 e. The van der Waals surface area contributed by atoms with Crippen molar-refractivity contribution in [2.45, 2.75) is 5.60 Å². The molecule has 0 spiro atoms. The number of ether oxygens (including phenoxy) is 1. The van der Waals surface area contributed by atoms with E-state index in [1.807, 2.05) is 13.2 Å². The second-order valence-electron chi connectivity index (χ2n) is 4.54. The Morgan fingerprint density at radius 1 is 1.62 bits per heavy atom. The van der Waals surface area contributed by atoms with Crippen molar-refractivity contribution in [2.75, 3.05) is 38.2 Å². The average Bonchev–Trinajstić information content (AvgIpc) is 2.86. The molecule has 2 fully saturated rings. The van der Waals surface area contributed by atoms with Gasteiger partial charge in [0.1, 0.15) is 17.7 Å². The SMILES string of the molecule is COC12CNCC1CN(c1ccncn1)C2. The quantitative estimate of drug-likeness (QED) is 0.754. The van der Waals surface area contributed by atoms with Crippen LogP contribution in [0.5, 0.6) is 0 Å². The molecule has 1 aromatic rings. The van der Waals surface area contributed by atoms with Crippen molar-refractivity contribution in [3.8, 4) is 0 Å². The average molecular weight is 220 g/mol. The molecule has 5 heteroatoms. The molecule has 1 aromatic heterocycles. The molecule has 2 unspecified atom stereocenters. The van der Waals surface area contributed by atoms with E-state index < -0.39 is 0 Å². The van der Waals surface area contributed by atoms with E-state index in [9.17, 15) is 0 Å². The van der Waals surface area contributed by atoms with Crippen LogP contribution in [0.3, 0.4) is 0 Å². The Kier molecular flexibility index (Phi) is 2.29. The van der Waals surface area contributed by atoms with Crippen LogP contribution < -0.4 is 10.2 Å². The van der Waals surface area contributed by atoms with Crippen molar-refractivity contribution in [3.63, 3.8) is 0 Å². The molecule has 0 radical (unpaired) electrons. The largest absolute Gasteiger partial charge is 0.375 e. The van der Waals surface area contributed by atoms with Gasteiger partial charge in [0.05, 0.1) is 6.54 Å². The molecule has 2 atom stereocenters. The van der Waals surface area contributed by atoms with Gasteiger partial charge in [0.25, 0.3) is 0 Å². The van der Waals surface area contributed by atoms with Gasteiger partial charge in [-0.1, -0.05) is 0 Å². The van der Waals surface area contributed by atoms with Crippen LogP contribution in [0.25, 0.3) is 0 Å². The Balaban J connectivity index is 1.83. The summed E-state index contributed by atoms with van der Waals surface area (Å²) in [5.41, 5.74) is -0.0229. The highest BCUT2D eigenvalue weighted by Gasteiger charge is 2.50. The van der Waals surface area contributed by atoms with Gasteiger partial charge in [0, 0.05) is 38.9 Å². The zero-order valence-corrected chi connectivity index (χ0v) is 9.39. The second kappa shape index (κ2) is 3.68. The monoisotopic (exact) mass is 220 g/mol. The molecule has 16 heavy (non-hydrogen) atoms. The van der Waals surface area contributed by atoms with Gasteiger partial charge in [-0.05, 0) is 6.07 Å². The molecular formula is C11H16N4O. The molecule has 1 N–H and O–H groups in total. The topological polar surface area (TPSA) is 50.3 Å². The first kappa shape index (κ1) is 9.99. The van der Waals surface area contributed by atoms with E-state index in [2.05, 4.69) is 20.2 Å². The Morgan fingerprint density at radius 2 is 2.56 bits per heavy atom. The van der Waals surface area contributed by atoms with Crippen LogP contribution in [0.1, 0.15) is 0 Å². The molecule has 3 rings (SSSR count). The summed E-state index contributed by atoms with van der Waals surface area (Å²) in [7, 11) is 1.81. The Morgan fingerprint density at radius 3 is 3.25 bits per heavy atom. The van der Waals surface area contributed by atoms with E-state index in [4.69, 9.17) is 4.74 Å². The summed E-state index contributed by atoms with van der Waals surface area (Å²) in [5.74, 6) is 1.56. The van der Waals surface area contributed by atoms with Crippen molar-refractivity contribution in [2.24, 2.45) is 5.92 Å². The van der Waals surface area contributed by atoms with Crippen molar-refractivity contribution >= 4 is 5.82 Å². The summed E-state index contributed by atoms with van der Waals surface area (Å²) in [5, 5.41) is 3.40. The summed E-state index contributed by atoms with van der Waals surface area (Å²) < 4.78 is 5.73. The zero-order chi connectivity index (χ0) is 11.0. The van der Waals surface area contributed by atoms with Crippen LogP contribution in [0.4, 0.5) is 5.82 Å². The summed E-state index contributed by atoms with van der Waals surface area (Å²) in [4.78, 5) is 10.5. The fourth-order valence-corrected chi connectivity index (χ4v) is 2.81. The normalized spacial score (nSPS) is 33.1. The zero-order valence-electron chi connectivity index (χ0n) is 9.39. The van der Waals surface area contributed by atoms with Gasteiger partial charge in [0.15, 0.2) is 0 Å². The van der Waals surface area contributed by atoms with E-state index in [0.717, 1.165) is 32.0 Å². The molecule has 0 saturated carbocycles. The van der Waals surface area contributed by atoms with Crippen LogP contribution in [0.15, 0.2) is 18.6 Å². The highest BCUT2D eigenvalue weighted by atomic mass is 16.5. The fraction of sp³-hybridized carbons (Fsp3) is 0.636. The number of hydrogen-bond acceptors (Lipinski definition) is 5. The fourth-order valence-electron chi connectivity index (χ4n) is 2.81. The van der Waals surface area contributed by atoms with Crippen LogP contribution in [0.2, 0.25) is 0 Å². The number of aromatic nitrogens is 2. The number of fused-ring (bicyclic) bond motifs is 1. The number of hydrogen-bond donors (Lipinski definition) is 1. The third-order valence-electron chi connectivity index (χ3n) is 3.76. The molecule has 5 nitrogen and oxygen atoms in total. The van der Waals surface area contributed by atoms with Crippen LogP contribution in [-0.4, -0.2) is 48.9 Å². The van der Waals surface area contributed by atoms with E-state index in [-0.39, 0.29) is 5.60 Å². The lowest BCUT2D eigenvalue weighted by atomic mass is 9.95. The van der Waals surface area contributed by atoms with Crippen molar-refractivity contribution in [1.29, 1.82) is 0 Å². The maximum absolute atomic E-state index is 5.73. The van der Waals surface area contributed by atoms with E-state index in [0.29, 0.717) is 5.92 Å². The first-order chi connectivity index (χ1) is 7.84. The molecule has 2 aliphatic rings. The van der Waals surface area contributed by atoms with Crippen molar-refractivity contribution in [3.05, 3.63) is 18.6 Å². The molecule has 0 amide bonds. The second-order valence-corrected chi connectivity index (χ2v) is 4.54. The molecule has 0 aliphatic carbocycles. The molecule has 2 aliphatic heterocycles. The standard InChI is InChI=1S/C11H16N4O/c1-16-11-6-13-4-9(11)5-15(7-11)10-2-3-12-8-14-10/h2-3,8-9,13H,4-7H2,1H3. The van der Waals surface area contributed by atoms with Gasteiger partial charge < -0.3 is 15.0 Å². The highest BCUT2D eigenvalue weighted by molar-refractivity contribution is 5.40. The predicted octanol–water partition coefficient (Wildman–Crippen LogP) is -0.0988. The Hall–Kier alpha value is -1.20. The van der Waals surface area contributed by atoms with E-state index >= 15 is 0 Å². The number of rotatable bonds is 2. The summed E-state index contributed by atoms with van der Waals surface area (Å²) in [6.07, 6.45) is 3.38. The summed E-state index contributed by atoms with van der Waals surface area (Å²) >= 11 is 0.